The Morgan fingerprint density at radius 3 is 2.90 bits per heavy atom. The summed E-state index contributed by atoms with van der Waals surface area (Å²) in [6, 6.07) is 9.87. The van der Waals surface area contributed by atoms with Crippen molar-refractivity contribution in [2.45, 2.75) is 12.8 Å². The Hall–Kier alpha value is -2.40. The first-order chi connectivity index (χ1) is 10.3. The number of carbonyl (C=O) groups excluding carboxylic acids is 1. The summed E-state index contributed by atoms with van der Waals surface area (Å²) in [6.07, 6.45) is 3.51. The first-order valence-electron chi connectivity index (χ1n) is 7.14. The molecule has 0 aliphatic heterocycles. The quantitative estimate of drug-likeness (QED) is 0.627. The fourth-order valence-corrected chi connectivity index (χ4v) is 2.44. The summed E-state index contributed by atoms with van der Waals surface area (Å²) in [5, 5.41) is 5.00. The van der Waals surface area contributed by atoms with Crippen LogP contribution in [0.3, 0.4) is 0 Å². The number of benzene rings is 1. The largest absolute Gasteiger partial charge is 0.353 e. The van der Waals surface area contributed by atoms with Gasteiger partial charge in [-0.25, -0.2) is 4.98 Å². The Labute approximate surface area is 122 Å². The van der Waals surface area contributed by atoms with Gasteiger partial charge < -0.3 is 16.0 Å². The Kier molecular flexibility index (Phi) is 3.83. The van der Waals surface area contributed by atoms with E-state index in [1.54, 1.807) is 6.20 Å². The molecule has 2 heterocycles. The molecule has 21 heavy (non-hydrogen) atoms. The van der Waals surface area contributed by atoms with E-state index in [9.17, 15) is 4.79 Å². The molecule has 1 aromatic carbocycles. The van der Waals surface area contributed by atoms with E-state index in [0.717, 1.165) is 34.6 Å². The van der Waals surface area contributed by atoms with Crippen molar-refractivity contribution < 1.29 is 4.79 Å². The number of nitrogens with two attached hydrogens (primary N) is 1. The van der Waals surface area contributed by atoms with Crippen molar-refractivity contribution in [2.75, 3.05) is 13.1 Å². The molecule has 0 spiro atoms. The van der Waals surface area contributed by atoms with Gasteiger partial charge in [-0.2, -0.15) is 0 Å². The minimum atomic E-state index is -0.140. The standard InChI is InChI=1S/C16H18N4O/c17-7-3-4-8-18-16(21)14-9-12-11-5-1-2-6-13(11)20-15(12)10-19-14/h1-2,5-6,9-10,20H,3-4,7-8,17H2,(H,18,21). The highest BCUT2D eigenvalue weighted by Gasteiger charge is 2.10. The van der Waals surface area contributed by atoms with Crippen LogP contribution < -0.4 is 11.1 Å². The molecule has 0 atom stereocenters. The van der Waals surface area contributed by atoms with Crippen LogP contribution in [0.25, 0.3) is 21.8 Å². The van der Waals surface area contributed by atoms with Gasteiger partial charge in [-0.05, 0) is 31.5 Å². The number of amides is 1. The number of para-hydroxylation sites is 1. The number of hydrogen-bond acceptors (Lipinski definition) is 3. The number of unbranched alkanes of at least 4 members (excludes halogenated alkanes) is 1. The molecule has 3 aromatic rings. The smallest absolute Gasteiger partial charge is 0.269 e. The monoisotopic (exact) mass is 282 g/mol. The summed E-state index contributed by atoms with van der Waals surface area (Å²) >= 11 is 0. The van der Waals surface area contributed by atoms with Crippen molar-refractivity contribution in [1.29, 1.82) is 0 Å². The number of nitrogens with zero attached hydrogens (tertiary/aromatic N) is 1. The number of H-pyrrole nitrogens is 1. The second kappa shape index (κ2) is 5.93. The van der Waals surface area contributed by atoms with E-state index < -0.39 is 0 Å². The minimum absolute atomic E-state index is 0.140. The molecule has 3 rings (SSSR count). The number of carbonyl (C=O) groups is 1. The Morgan fingerprint density at radius 2 is 2.05 bits per heavy atom. The van der Waals surface area contributed by atoms with Crippen LogP contribution in [0.5, 0.6) is 0 Å². The van der Waals surface area contributed by atoms with Gasteiger partial charge in [-0.3, -0.25) is 4.79 Å². The van der Waals surface area contributed by atoms with E-state index in [1.807, 2.05) is 30.3 Å². The molecule has 0 fully saturated rings. The van der Waals surface area contributed by atoms with E-state index in [1.165, 1.54) is 0 Å². The van der Waals surface area contributed by atoms with Gasteiger partial charge in [-0.15, -0.1) is 0 Å². The van der Waals surface area contributed by atoms with E-state index >= 15 is 0 Å². The van der Waals surface area contributed by atoms with Crippen LogP contribution in [-0.2, 0) is 0 Å². The fourth-order valence-electron chi connectivity index (χ4n) is 2.44. The predicted molar refractivity (Wildman–Crippen MR) is 84.2 cm³/mol. The van der Waals surface area contributed by atoms with Gasteiger partial charge in [0, 0.05) is 22.8 Å². The molecule has 4 N–H and O–H groups in total. The molecule has 0 aliphatic carbocycles. The van der Waals surface area contributed by atoms with Crippen molar-refractivity contribution in [3.05, 3.63) is 42.2 Å². The van der Waals surface area contributed by atoms with Crippen LogP contribution in [-0.4, -0.2) is 29.0 Å². The van der Waals surface area contributed by atoms with Gasteiger partial charge in [0.2, 0.25) is 0 Å². The van der Waals surface area contributed by atoms with Crippen molar-refractivity contribution >= 4 is 27.7 Å². The normalized spacial score (nSPS) is 11.1. The maximum absolute atomic E-state index is 12.1. The molecule has 0 aliphatic rings. The van der Waals surface area contributed by atoms with E-state index in [0.29, 0.717) is 18.8 Å². The SMILES string of the molecule is NCCCCNC(=O)c1cc2c(cn1)[nH]c1ccccc12. The van der Waals surface area contributed by atoms with E-state index in [-0.39, 0.29) is 5.91 Å². The summed E-state index contributed by atoms with van der Waals surface area (Å²) in [6.45, 7) is 1.28. The van der Waals surface area contributed by atoms with Gasteiger partial charge >= 0.3 is 0 Å². The summed E-state index contributed by atoms with van der Waals surface area (Å²) in [5.41, 5.74) is 7.87. The highest BCUT2D eigenvalue weighted by molar-refractivity contribution is 6.09. The highest BCUT2D eigenvalue weighted by Crippen LogP contribution is 2.24. The minimum Gasteiger partial charge on any atom is -0.353 e. The number of nitrogens with one attached hydrogen (secondary N) is 2. The van der Waals surface area contributed by atoms with E-state index in [2.05, 4.69) is 15.3 Å². The molecule has 0 saturated heterocycles. The molecule has 2 aromatic heterocycles. The summed E-state index contributed by atoms with van der Waals surface area (Å²) in [7, 11) is 0. The second-order valence-electron chi connectivity index (χ2n) is 5.04. The van der Waals surface area contributed by atoms with Crippen molar-refractivity contribution in [3.8, 4) is 0 Å². The van der Waals surface area contributed by atoms with E-state index in [4.69, 9.17) is 5.73 Å². The maximum Gasteiger partial charge on any atom is 0.269 e. The third-order valence-electron chi connectivity index (χ3n) is 3.54. The molecular formula is C16H18N4O. The molecule has 0 unspecified atom stereocenters. The van der Waals surface area contributed by atoms with Crippen molar-refractivity contribution in [1.82, 2.24) is 15.3 Å². The average molecular weight is 282 g/mol. The van der Waals surface area contributed by atoms with Gasteiger partial charge in [0.05, 0.1) is 11.7 Å². The van der Waals surface area contributed by atoms with Crippen LogP contribution in [0.1, 0.15) is 23.3 Å². The summed E-state index contributed by atoms with van der Waals surface area (Å²) in [4.78, 5) is 19.6. The Bertz CT molecular complexity index is 778. The average Bonchev–Trinajstić information content (AvgIpc) is 2.89. The van der Waals surface area contributed by atoms with Crippen LogP contribution in [0, 0.1) is 0 Å². The molecule has 0 radical (unpaired) electrons. The molecule has 0 bridgehead atoms. The van der Waals surface area contributed by atoms with Crippen molar-refractivity contribution in [2.24, 2.45) is 5.73 Å². The number of aromatic amines is 1. The number of hydrogen-bond donors (Lipinski definition) is 3. The lowest BCUT2D eigenvalue weighted by molar-refractivity contribution is 0.0948. The summed E-state index contributed by atoms with van der Waals surface area (Å²) in [5.74, 6) is -0.140. The summed E-state index contributed by atoms with van der Waals surface area (Å²) < 4.78 is 0. The predicted octanol–water partition coefficient (Wildman–Crippen LogP) is 2.18. The fraction of sp³-hybridized carbons (Fsp3) is 0.250. The van der Waals surface area contributed by atoms with Crippen LogP contribution >= 0.6 is 0 Å². The number of aromatic nitrogens is 2. The first kappa shape index (κ1) is 13.6. The third-order valence-corrected chi connectivity index (χ3v) is 3.54. The lowest BCUT2D eigenvalue weighted by Gasteiger charge is -2.04. The lowest BCUT2D eigenvalue weighted by Crippen LogP contribution is -2.25. The van der Waals surface area contributed by atoms with Gasteiger partial charge in [-0.1, -0.05) is 18.2 Å². The number of rotatable bonds is 5. The highest BCUT2D eigenvalue weighted by atomic mass is 16.1. The molecule has 108 valence electrons. The third kappa shape index (κ3) is 2.73. The zero-order valence-corrected chi connectivity index (χ0v) is 11.7. The Morgan fingerprint density at radius 1 is 1.19 bits per heavy atom. The van der Waals surface area contributed by atoms with Crippen LogP contribution in [0.15, 0.2) is 36.5 Å². The topological polar surface area (TPSA) is 83.8 Å². The van der Waals surface area contributed by atoms with Gasteiger partial charge in [0.15, 0.2) is 0 Å². The number of pyridine rings is 1. The molecule has 0 saturated carbocycles. The van der Waals surface area contributed by atoms with Crippen molar-refractivity contribution in [3.63, 3.8) is 0 Å². The maximum atomic E-state index is 12.1. The van der Waals surface area contributed by atoms with Gasteiger partial charge in [0.1, 0.15) is 5.69 Å². The second-order valence-corrected chi connectivity index (χ2v) is 5.04. The molecule has 5 heteroatoms. The molecular weight excluding hydrogens is 264 g/mol. The Balaban J connectivity index is 1.86. The zero-order chi connectivity index (χ0) is 14.7. The first-order valence-corrected chi connectivity index (χ1v) is 7.14. The molecule has 5 nitrogen and oxygen atoms in total. The molecule has 1 amide bonds. The lowest BCUT2D eigenvalue weighted by atomic mass is 10.1. The van der Waals surface area contributed by atoms with Gasteiger partial charge in [0.25, 0.3) is 5.91 Å². The number of fused-ring (bicyclic) bond motifs is 3. The van der Waals surface area contributed by atoms with Crippen LogP contribution in [0.2, 0.25) is 0 Å². The zero-order valence-electron chi connectivity index (χ0n) is 11.7. The van der Waals surface area contributed by atoms with Crippen LogP contribution in [0.4, 0.5) is 0 Å².